The molecule has 2 aromatic carbocycles. The number of hydrogen-bond donors (Lipinski definition) is 1. The number of nitrogens with one attached hydrogen (secondary N) is 1. The van der Waals surface area contributed by atoms with Gasteiger partial charge in [0, 0.05) is 0 Å². The second-order valence-electron chi connectivity index (χ2n) is 5.74. The molecule has 26 heavy (non-hydrogen) atoms. The molecule has 0 saturated heterocycles. The van der Waals surface area contributed by atoms with Crippen LogP contribution in [-0.4, -0.2) is 32.1 Å². The summed E-state index contributed by atoms with van der Waals surface area (Å²) in [4.78, 5) is 25.9. The Bertz CT molecular complexity index is 861. The summed E-state index contributed by atoms with van der Waals surface area (Å²) in [5.41, 5.74) is 2.26. The van der Waals surface area contributed by atoms with Gasteiger partial charge in [-0.25, -0.2) is 0 Å². The van der Waals surface area contributed by atoms with Gasteiger partial charge in [0.15, 0.2) is 18.1 Å². The van der Waals surface area contributed by atoms with E-state index in [4.69, 9.17) is 9.47 Å². The maximum atomic E-state index is 12.6. The Kier molecular flexibility index (Phi) is 5.22. The van der Waals surface area contributed by atoms with E-state index in [2.05, 4.69) is 5.32 Å². The summed E-state index contributed by atoms with van der Waals surface area (Å²) in [7, 11) is 1.55. The quantitative estimate of drug-likeness (QED) is 0.898. The van der Waals surface area contributed by atoms with Gasteiger partial charge < -0.3 is 14.8 Å². The molecule has 6 nitrogen and oxygen atoms in total. The second-order valence-corrected chi connectivity index (χ2v) is 5.74. The van der Waals surface area contributed by atoms with Crippen LogP contribution in [0.2, 0.25) is 0 Å². The number of carbonyl (C=O) groups excluding carboxylic acids is 2. The second kappa shape index (κ2) is 7.74. The monoisotopic (exact) mass is 352 g/mol. The first kappa shape index (κ1) is 17.5. The zero-order valence-electron chi connectivity index (χ0n) is 14.7. The van der Waals surface area contributed by atoms with Crippen molar-refractivity contribution in [1.29, 1.82) is 0 Å². The van der Waals surface area contributed by atoms with Gasteiger partial charge in [-0.1, -0.05) is 30.4 Å². The predicted molar refractivity (Wildman–Crippen MR) is 101 cm³/mol. The third-order valence-electron chi connectivity index (χ3n) is 3.97. The van der Waals surface area contributed by atoms with E-state index >= 15 is 0 Å². The van der Waals surface area contributed by atoms with Crippen molar-refractivity contribution < 1.29 is 19.1 Å². The van der Waals surface area contributed by atoms with E-state index in [9.17, 15) is 9.59 Å². The molecule has 0 saturated carbocycles. The van der Waals surface area contributed by atoms with E-state index < -0.39 is 0 Å². The van der Waals surface area contributed by atoms with Gasteiger partial charge >= 0.3 is 0 Å². The Morgan fingerprint density at radius 1 is 1.23 bits per heavy atom. The molecule has 1 heterocycles. The van der Waals surface area contributed by atoms with Crippen LogP contribution in [0.25, 0.3) is 6.08 Å². The molecule has 3 rings (SSSR count). The van der Waals surface area contributed by atoms with E-state index in [1.165, 1.54) is 4.90 Å². The van der Waals surface area contributed by atoms with Crippen LogP contribution in [0, 0.1) is 0 Å². The van der Waals surface area contributed by atoms with Crippen LogP contribution in [0.15, 0.2) is 48.5 Å². The van der Waals surface area contributed by atoms with Crippen LogP contribution >= 0.6 is 0 Å². The maximum Gasteiger partial charge on any atom is 0.265 e. The summed E-state index contributed by atoms with van der Waals surface area (Å²) in [6.07, 6.45) is 3.87. The van der Waals surface area contributed by atoms with Crippen molar-refractivity contribution in [2.75, 3.05) is 30.5 Å². The van der Waals surface area contributed by atoms with Crippen LogP contribution in [0.3, 0.4) is 0 Å². The molecule has 0 aromatic heterocycles. The molecule has 0 bridgehead atoms. The van der Waals surface area contributed by atoms with Gasteiger partial charge in [-0.2, -0.15) is 0 Å². The van der Waals surface area contributed by atoms with Gasteiger partial charge in [-0.05, 0) is 36.8 Å². The smallest absolute Gasteiger partial charge is 0.265 e. The number of anilines is 2. The molecule has 0 aliphatic carbocycles. The average Bonchev–Trinajstić information content (AvgIpc) is 2.66. The van der Waals surface area contributed by atoms with Crippen LogP contribution in [0.4, 0.5) is 11.4 Å². The van der Waals surface area contributed by atoms with Gasteiger partial charge in [0.2, 0.25) is 5.91 Å². The SMILES string of the molecule is CC=Cc1ccc(OCC(=O)N2CC(=O)Nc3ccccc32)c(OC)c1. The standard InChI is InChI=1S/C20H20N2O4/c1-3-6-14-9-10-17(18(11-14)25-2)26-13-20(24)22-12-19(23)21-15-7-4-5-8-16(15)22/h3-11H,12-13H2,1-2H3,(H,21,23). The lowest BCUT2D eigenvalue weighted by Gasteiger charge is -2.29. The number of methoxy groups -OCH3 is 1. The minimum absolute atomic E-state index is 0.0312. The van der Waals surface area contributed by atoms with Crippen molar-refractivity contribution in [3.8, 4) is 11.5 Å². The van der Waals surface area contributed by atoms with Crippen molar-refractivity contribution in [1.82, 2.24) is 0 Å². The Morgan fingerprint density at radius 3 is 2.81 bits per heavy atom. The van der Waals surface area contributed by atoms with Crippen molar-refractivity contribution >= 4 is 29.3 Å². The Labute approximate surface area is 152 Å². The highest BCUT2D eigenvalue weighted by Crippen LogP contribution is 2.31. The van der Waals surface area contributed by atoms with Crippen LogP contribution < -0.4 is 19.7 Å². The summed E-state index contributed by atoms with van der Waals surface area (Å²) >= 11 is 0. The lowest BCUT2D eigenvalue weighted by Crippen LogP contribution is -2.44. The molecule has 2 aromatic rings. The summed E-state index contributed by atoms with van der Waals surface area (Å²) in [6, 6.07) is 12.7. The van der Waals surface area contributed by atoms with Crippen LogP contribution in [0.1, 0.15) is 12.5 Å². The topological polar surface area (TPSA) is 67.9 Å². The number of ether oxygens (including phenoxy) is 2. The van der Waals surface area contributed by atoms with Crippen molar-refractivity contribution in [2.24, 2.45) is 0 Å². The lowest BCUT2D eigenvalue weighted by atomic mass is 10.2. The summed E-state index contributed by atoms with van der Waals surface area (Å²) in [5.74, 6) is 0.492. The van der Waals surface area contributed by atoms with E-state index in [0.29, 0.717) is 22.9 Å². The van der Waals surface area contributed by atoms with Gasteiger partial charge in [0.05, 0.1) is 18.5 Å². The van der Waals surface area contributed by atoms with Crippen molar-refractivity contribution in [2.45, 2.75) is 6.92 Å². The zero-order chi connectivity index (χ0) is 18.5. The zero-order valence-corrected chi connectivity index (χ0v) is 14.7. The van der Waals surface area contributed by atoms with Gasteiger partial charge in [-0.3, -0.25) is 14.5 Å². The Morgan fingerprint density at radius 2 is 2.04 bits per heavy atom. The predicted octanol–water partition coefficient (Wildman–Crippen LogP) is 3.09. The highest BCUT2D eigenvalue weighted by Gasteiger charge is 2.26. The Balaban J connectivity index is 1.74. The fraction of sp³-hybridized carbons (Fsp3) is 0.200. The van der Waals surface area contributed by atoms with E-state index in [0.717, 1.165) is 5.56 Å². The number of allylic oxidation sites excluding steroid dienone is 1. The van der Waals surface area contributed by atoms with Crippen molar-refractivity contribution in [3.05, 3.63) is 54.1 Å². The van der Waals surface area contributed by atoms with Crippen LogP contribution in [0.5, 0.6) is 11.5 Å². The molecule has 1 N–H and O–H groups in total. The molecule has 2 amide bonds. The highest BCUT2D eigenvalue weighted by atomic mass is 16.5. The van der Waals surface area contributed by atoms with Crippen molar-refractivity contribution in [3.63, 3.8) is 0 Å². The number of nitrogens with zero attached hydrogens (tertiary/aromatic N) is 1. The summed E-state index contributed by atoms with van der Waals surface area (Å²) in [6.45, 7) is 1.71. The normalized spacial score (nSPS) is 13.3. The number of carbonyl (C=O) groups is 2. The summed E-state index contributed by atoms with van der Waals surface area (Å²) in [5, 5.41) is 2.75. The van der Waals surface area contributed by atoms with E-state index in [-0.39, 0.29) is 25.0 Å². The molecule has 134 valence electrons. The minimum Gasteiger partial charge on any atom is -0.493 e. The lowest BCUT2D eigenvalue weighted by molar-refractivity contribution is -0.123. The molecule has 0 fully saturated rings. The molecule has 6 heteroatoms. The molecule has 0 unspecified atom stereocenters. The molecule has 0 atom stereocenters. The number of rotatable bonds is 5. The number of amides is 2. The van der Waals surface area contributed by atoms with Gasteiger partial charge in [0.1, 0.15) is 6.54 Å². The first-order valence-corrected chi connectivity index (χ1v) is 8.25. The summed E-state index contributed by atoms with van der Waals surface area (Å²) < 4.78 is 11.0. The molecule has 1 aliphatic rings. The van der Waals surface area contributed by atoms with E-state index in [1.807, 2.05) is 37.3 Å². The fourth-order valence-corrected chi connectivity index (χ4v) is 2.77. The van der Waals surface area contributed by atoms with Gasteiger partial charge in [0.25, 0.3) is 5.91 Å². The number of benzene rings is 2. The number of hydrogen-bond acceptors (Lipinski definition) is 4. The number of fused-ring (bicyclic) bond motifs is 1. The third-order valence-corrected chi connectivity index (χ3v) is 3.97. The van der Waals surface area contributed by atoms with Crippen LogP contribution in [-0.2, 0) is 9.59 Å². The molecular formula is C20H20N2O4. The average molecular weight is 352 g/mol. The highest BCUT2D eigenvalue weighted by molar-refractivity contribution is 6.10. The third kappa shape index (κ3) is 3.69. The maximum absolute atomic E-state index is 12.6. The largest absolute Gasteiger partial charge is 0.493 e. The first-order valence-electron chi connectivity index (χ1n) is 8.25. The minimum atomic E-state index is -0.299. The molecule has 0 radical (unpaired) electrons. The fourth-order valence-electron chi connectivity index (χ4n) is 2.77. The number of para-hydroxylation sites is 2. The molecular weight excluding hydrogens is 332 g/mol. The molecule has 1 aliphatic heterocycles. The molecule has 0 spiro atoms. The first-order chi connectivity index (χ1) is 12.6. The van der Waals surface area contributed by atoms with E-state index in [1.54, 1.807) is 31.4 Å². The van der Waals surface area contributed by atoms with Gasteiger partial charge in [-0.15, -0.1) is 0 Å². The Hall–Kier alpha value is -3.28.